The molecule has 1 fully saturated rings. The largest absolute Gasteiger partial charge is 0.419 e. The van der Waals surface area contributed by atoms with Crippen LogP contribution in [0, 0.1) is 5.92 Å². The first-order chi connectivity index (χ1) is 12.0. The van der Waals surface area contributed by atoms with Gasteiger partial charge in [0, 0.05) is 42.7 Å². The molecule has 1 amide bonds. The summed E-state index contributed by atoms with van der Waals surface area (Å²) in [5, 5.41) is 8.98. The maximum Gasteiger partial charge on any atom is 0.247 e. The third-order valence-electron chi connectivity index (χ3n) is 4.54. The molecule has 2 heterocycles. The number of benzene rings is 1. The van der Waals surface area contributed by atoms with Crippen molar-refractivity contribution in [3.05, 3.63) is 35.2 Å². The summed E-state index contributed by atoms with van der Waals surface area (Å²) in [7, 11) is 0. The van der Waals surface area contributed by atoms with Crippen LogP contribution in [-0.2, 0) is 4.79 Å². The maximum atomic E-state index is 12.1. The minimum atomic E-state index is 0.0109. The summed E-state index contributed by atoms with van der Waals surface area (Å²) >= 11 is 6.02. The van der Waals surface area contributed by atoms with Crippen molar-refractivity contribution in [3.8, 4) is 11.5 Å². The Kier molecular flexibility index (Phi) is 5.39. The van der Waals surface area contributed by atoms with Crippen molar-refractivity contribution < 1.29 is 9.21 Å². The van der Waals surface area contributed by atoms with Gasteiger partial charge in [-0.25, -0.2) is 0 Å². The second-order valence-electron chi connectivity index (χ2n) is 6.65. The van der Waals surface area contributed by atoms with Gasteiger partial charge >= 0.3 is 0 Å². The Balaban J connectivity index is 1.65. The molecule has 1 aliphatic rings. The standard InChI is InChI=1S/C18H23ClN4O2/c1-12(2)18(24)23-9-7-22(8-10-23)13(3)16-20-21-17(25-16)14-5-4-6-15(19)11-14/h4-6,11-13H,7-10H2,1-3H3. The van der Waals surface area contributed by atoms with Gasteiger partial charge in [-0.1, -0.05) is 31.5 Å². The van der Waals surface area contributed by atoms with Crippen molar-refractivity contribution in [2.45, 2.75) is 26.8 Å². The van der Waals surface area contributed by atoms with Crippen LogP contribution in [0.5, 0.6) is 0 Å². The number of amides is 1. The van der Waals surface area contributed by atoms with Gasteiger partial charge in [-0.2, -0.15) is 0 Å². The molecular weight excluding hydrogens is 340 g/mol. The van der Waals surface area contributed by atoms with Gasteiger partial charge in [0.2, 0.25) is 17.7 Å². The number of piperazine rings is 1. The monoisotopic (exact) mass is 362 g/mol. The van der Waals surface area contributed by atoms with Crippen LogP contribution < -0.4 is 0 Å². The molecule has 1 aliphatic heterocycles. The average molecular weight is 363 g/mol. The summed E-state index contributed by atoms with van der Waals surface area (Å²) in [5.41, 5.74) is 0.811. The summed E-state index contributed by atoms with van der Waals surface area (Å²) in [6, 6.07) is 7.37. The summed E-state index contributed by atoms with van der Waals surface area (Å²) in [6.45, 7) is 8.99. The lowest BCUT2D eigenvalue weighted by Crippen LogP contribution is -2.50. The van der Waals surface area contributed by atoms with Crippen LogP contribution in [-0.4, -0.2) is 52.1 Å². The zero-order valence-corrected chi connectivity index (χ0v) is 15.5. The Bertz CT molecular complexity index is 738. The molecule has 1 aromatic carbocycles. The fourth-order valence-electron chi connectivity index (χ4n) is 2.99. The van der Waals surface area contributed by atoms with E-state index in [1.807, 2.05) is 36.9 Å². The molecular formula is C18H23ClN4O2. The lowest BCUT2D eigenvalue weighted by Gasteiger charge is -2.37. The number of carbonyl (C=O) groups excluding carboxylic acids is 1. The highest BCUT2D eigenvalue weighted by Crippen LogP contribution is 2.26. The van der Waals surface area contributed by atoms with Crippen LogP contribution in [0.2, 0.25) is 5.02 Å². The predicted molar refractivity (Wildman–Crippen MR) is 96.2 cm³/mol. The Hall–Kier alpha value is -1.92. The highest BCUT2D eigenvalue weighted by Gasteiger charge is 2.28. The number of rotatable bonds is 4. The van der Waals surface area contributed by atoms with Gasteiger partial charge in [-0.05, 0) is 25.1 Å². The van der Waals surface area contributed by atoms with E-state index in [4.69, 9.17) is 16.0 Å². The number of hydrogen-bond donors (Lipinski definition) is 0. The molecule has 0 saturated carbocycles. The minimum Gasteiger partial charge on any atom is -0.419 e. The van der Waals surface area contributed by atoms with E-state index in [0.717, 1.165) is 31.7 Å². The highest BCUT2D eigenvalue weighted by atomic mass is 35.5. The van der Waals surface area contributed by atoms with Gasteiger partial charge in [-0.3, -0.25) is 9.69 Å². The molecule has 0 N–H and O–H groups in total. The van der Waals surface area contributed by atoms with Crippen molar-refractivity contribution >= 4 is 17.5 Å². The van der Waals surface area contributed by atoms with Gasteiger partial charge in [0.15, 0.2) is 0 Å². The first-order valence-corrected chi connectivity index (χ1v) is 8.95. The lowest BCUT2D eigenvalue weighted by molar-refractivity contribution is -0.136. The molecule has 0 spiro atoms. The third kappa shape index (κ3) is 4.02. The number of nitrogens with zero attached hydrogens (tertiary/aromatic N) is 4. The molecule has 0 radical (unpaired) electrons. The number of carbonyl (C=O) groups is 1. The van der Waals surface area contributed by atoms with Crippen molar-refractivity contribution in [3.63, 3.8) is 0 Å². The quantitative estimate of drug-likeness (QED) is 0.835. The van der Waals surface area contributed by atoms with Crippen molar-refractivity contribution in [1.29, 1.82) is 0 Å². The van der Waals surface area contributed by atoms with Crippen molar-refractivity contribution in [1.82, 2.24) is 20.0 Å². The van der Waals surface area contributed by atoms with E-state index in [9.17, 15) is 4.79 Å². The second kappa shape index (κ2) is 7.54. The van der Waals surface area contributed by atoms with Crippen LogP contribution >= 0.6 is 11.6 Å². The molecule has 1 aromatic heterocycles. The fourth-order valence-corrected chi connectivity index (χ4v) is 3.18. The lowest BCUT2D eigenvalue weighted by atomic mass is 10.1. The summed E-state index contributed by atoms with van der Waals surface area (Å²) < 4.78 is 5.85. The molecule has 2 aromatic rings. The number of halogens is 1. The van der Waals surface area contributed by atoms with E-state index in [1.54, 1.807) is 6.07 Å². The normalized spacial score (nSPS) is 17.1. The van der Waals surface area contributed by atoms with E-state index >= 15 is 0 Å². The van der Waals surface area contributed by atoms with Gasteiger partial charge in [0.25, 0.3) is 0 Å². The molecule has 1 atom stereocenters. The van der Waals surface area contributed by atoms with Crippen molar-refractivity contribution in [2.24, 2.45) is 5.92 Å². The SMILES string of the molecule is CC(C)C(=O)N1CCN(C(C)c2nnc(-c3cccc(Cl)c3)o2)CC1. The number of hydrogen-bond acceptors (Lipinski definition) is 5. The van der Waals surface area contributed by atoms with Crippen LogP contribution in [0.1, 0.15) is 32.7 Å². The van der Waals surface area contributed by atoms with E-state index in [-0.39, 0.29) is 17.9 Å². The highest BCUT2D eigenvalue weighted by molar-refractivity contribution is 6.30. The first-order valence-electron chi connectivity index (χ1n) is 8.58. The van der Waals surface area contributed by atoms with Gasteiger partial charge < -0.3 is 9.32 Å². The molecule has 1 saturated heterocycles. The molecule has 134 valence electrons. The molecule has 3 rings (SSSR count). The van der Waals surface area contributed by atoms with Gasteiger partial charge in [0.05, 0.1) is 6.04 Å². The van der Waals surface area contributed by atoms with Crippen LogP contribution in [0.4, 0.5) is 0 Å². The molecule has 1 unspecified atom stereocenters. The minimum absolute atomic E-state index is 0.0109. The molecule has 25 heavy (non-hydrogen) atoms. The van der Waals surface area contributed by atoms with Gasteiger partial charge in [0.1, 0.15) is 0 Å². The summed E-state index contributed by atoms with van der Waals surface area (Å²) in [5.74, 6) is 1.31. The van der Waals surface area contributed by atoms with E-state index < -0.39 is 0 Å². The Morgan fingerprint density at radius 1 is 1.16 bits per heavy atom. The maximum absolute atomic E-state index is 12.1. The predicted octanol–water partition coefficient (Wildman–Crippen LogP) is 3.25. The summed E-state index contributed by atoms with van der Waals surface area (Å²) in [6.07, 6.45) is 0. The fraction of sp³-hybridized carbons (Fsp3) is 0.500. The zero-order chi connectivity index (χ0) is 18.0. The van der Waals surface area contributed by atoms with Crippen LogP contribution in [0.25, 0.3) is 11.5 Å². The van der Waals surface area contributed by atoms with E-state index in [1.165, 1.54) is 0 Å². The molecule has 0 aliphatic carbocycles. The summed E-state index contributed by atoms with van der Waals surface area (Å²) in [4.78, 5) is 16.3. The Labute approximate surface area is 152 Å². The third-order valence-corrected chi connectivity index (χ3v) is 4.77. The number of aromatic nitrogens is 2. The van der Waals surface area contributed by atoms with Crippen LogP contribution in [0.3, 0.4) is 0 Å². The van der Waals surface area contributed by atoms with E-state index in [2.05, 4.69) is 22.0 Å². The smallest absolute Gasteiger partial charge is 0.247 e. The average Bonchev–Trinajstić information content (AvgIpc) is 3.10. The van der Waals surface area contributed by atoms with Crippen molar-refractivity contribution in [2.75, 3.05) is 26.2 Å². The molecule has 0 bridgehead atoms. The zero-order valence-electron chi connectivity index (χ0n) is 14.8. The topological polar surface area (TPSA) is 62.5 Å². The Morgan fingerprint density at radius 2 is 1.88 bits per heavy atom. The van der Waals surface area contributed by atoms with Gasteiger partial charge in [-0.15, -0.1) is 10.2 Å². The molecule has 7 heteroatoms. The molecule has 6 nitrogen and oxygen atoms in total. The van der Waals surface area contributed by atoms with Crippen LogP contribution in [0.15, 0.2) is 28.7 Å². The second-order valence-corrected chi connectivity index (χ2v) is 7.08. The van der Waals surface area contributed by atoms with E-state index in [0.29, 0.717) is 16.8 Å². The first kappa shape index (κ1) is 17.9. The Morgan fingerprint density at radius 3 is 2.52 bits per heavy atom.